The van der Waals surface area contributed by atoms with Crippen molar-refractivity contribution < 1.29 is 67.3 Å². The van der Waals surface area contributed by atoms with Crippen LogP contribution in [0.25, 0.3) is 0 Å². The van der Waals surface area contributed by atoms with Crippen molar-refractivity contribution in [2.45, 2.75) is 29.9 Å². The van der Waals surface area contributed by atoms with E-state index in [0.717, 1.165) is 7.11 Å². The van der Waals surface area contributed by atoms with E-state index in [1.165, 1.54) is 0 Å². The van der Waals surface area contributed by atoms with Gasteiger partial charge in [0.2, 0.25) is 0 Å². The summed E-state index contributed by atoms with van der Waals surface area (Å²) in [6.45, 7) is -0.635. The molecule has 1 fully saturated rings. The molecule has 1 rings (SSSR count). The normalized spacial score (nSPS) is 38.5. The van der Waals surface area contributed by atoms with Crippen molar-refractivity contribution in [2.24, 2.45) is 0 Å². The van der Waals surface area contributed by atoms with Crippen molar-refractivity contribution >= 4 is 10.1 Å². The van der Waals surface area contributed by atoms with Gasteiger partial charge in [-0.05, 0) is 0 Å². The van der Waals surface area contributed by atoms with Crippen LogP contribution < -0.4 is 29.6 Å². The van der Waals surface area contributed by atoms with E-state index in [4.69, 9.17) is 9.84 Å². The molecule has 0 aliphatic carbocycles. The molecular formula is C7H13NaO8S. The molecule has 0 spiro atoms. The van der Waals surface area contributed by atoms with Crippen molar-refractivity contribution in [3.63, 3.8) is 0 Å². The molecule has 1 heterocycles. The van der Waals surface area contributed by atoms with E-state index in [-0.39, 0.29) is 29.6 Å². The number of ether oxygens (including phenoxy) is 2. The van der Waals surface area contributed by atoms with Crippen LogP contribution in [0, 0.1) is 0 Å². The molecule has 0 aromatic carbocycles. The number of methoxy groups -OCH3 is 1. The number of rotatable bonds is 3. The van der Waals surface area contributed by atoms with Crippen LogP contribution in [0.3, 0.4) is 0 Å². The molecule has 0 saturated carbocycles. The molecule has 96 valence electrons. The van der Waals surface area contributed by atoms with Crippen LogP contribution in [-0.2, 0) is 19.6 Å². The minimum Gasteiger partial charge on any atom is -0.748 e. The molecule has 5 atom stereocenters. The summed E-state index contributed by atoms with van der Waals surface area (Å²) in [5.41, 5.74) is 0. The van der Waals surface area contributed by atoms with Gasteiger partial charge in [-0.2, -0.15) is 0 Å². The second-order valence-electron chi connectivity index (χ2n) is 3.40. The Kier molecular flexibility index (Phi) is 7.04. The average molecular weight is 280 g/mol. The molecule has 10 heteroatoms. The number of hydrogen-bond donors (Lipinski definition) is 3. The summed E-state index contributed by atoms with van der Waals surface area (Å²) in [6, 6.07) is 0. The first-order valence-electron chi connectivity index (χ1n) is 4.43. The maximum Gasteiger partial charge on any atom is 1.00 e. The van der Waals surface area contributed by atoms with Gasteiger partial charge < -0.3 is 29.3 Å². The molecule has 1 saturated heterocycles. The molecule has 17 heavy (non-hydrogen) atoms. The fourth-order valence-electron chi connectivity index (χ4n) is 1.55. The predicted molar refractivity (Wildman–Crippen MR) is 48.3 cm³/mol. The van der Waals surface area contributed by atoms with Crippen LogP contribution in [0.15, 0.2) is 0 Å². The van der Waals surface area contributed by atoms with Gasteiger partial charge in [0.25, 0.3) is 0 Å². The van der Waals surface area contributed by atoms with Crippen molar-refractivity contribution in [3.8, 4) is 0 Å². The zero-order valence-corrected chi connectivity index (χ0v) is 12.2. The first kappa shape index (κ1) is 17.7. The molecular weight excluding hydrogens is 267 g/mol. The molecule has 1 aliphatic heterocycles. The van der Waals surface area contributed by atoms with Crippen molar-refractivity contribution in [1.82, 2.24) is 0 Å². The maximum absolute atomic E-state index is 10.9. The van der Waals surface area contributed by atoms with Crippen LogP contribution in [0.1, 0.15) is 0 Å². The van der Waals surface area contributed by atoms with Gasteiger partial charge in [-0.1, -0.05) is 0 Å². The number of hydrogen-bond acceptors (Lipinski definition) is 8. The van der Waals surface area contributed by atoms with E-state index in [9.17, 15) is 23.2 Å². The second kappa shape index (κ2) is 6.75. The van der Waals surface area contributed by atoms with Gasteiger partial charge >= 0.3 is 29.6 Å². The Morgan fingerprint density at radius 2 is 1.88 bits per heavy atom. The van der Waals surface area contributed by atoms with E-state index < -0.39 is 46.6 Å². The first-order valence-corrected chi connectivity index (χ1v) is 5.90. The van der Waals surface area contributed by atoms with Gasteiger partial charge in [-0.15, -0.1) is 0 Å². The summed E-state index contributed by atoms with van der Waals surface area (Å²) in [6.07, 6.45) is -6.24. The Balaban J connectivity index is 0.00000256. The molecule has 0 aromatic rings. The fourth-order valence-corrected chi connectivity index (χ4v) is 2.50. The van der Waals surface area contributed by atoms with Gasteiger partial charge in [0.1, 0.15) is 33.7 Å². The van der Waals surface area contributed by atoms with E-state index in [0.29, 0.717) is 0 Å². The summed E-state index contributed by atoms with van der Waals surface area (Å²) in [4.78, 5) is 0. The fraction of sp³-hybridized carbons (Fsp3) is 1.00. The van der Waals surface area contributed by atoms with E-state index in [1.807, 2.05) is 0 Å². The summed E-state index contributed by atoms with van der Waals surface area (Å²) in [7, 11) is -3.81. The molecule has 1 aliphatic rings. The minimum atomic E-state index is -4.89. The molecule has 0 aromatic heterocycles. The molecule has 3 N–H and O–H groups in total. The van der Waals surface area contributed by atoms with Gasteiger partial charge in [0, 0.05) is 7.11 Å². The Bertz CT molecular complexity index is 331. The third kappa shape index (κ3) is 3.83. The monoisotopic (exact) mass is 280 g/mol. The summed E-state index contributed by atoms with van der Waals surface area (Å²) in [5.74, 6) is 0. The Hall–Kier alpha value is 0.710. The minimum absolute atomic E-state index is 0. The van der Waals surface area contributed by atoms with Crippen molar-refractivity contribution in [3.05, 3.63) is 0 Å². The summed E-state index contributed by atoms with van der Waals surface area (Å²) >= 11 is 0. The molecule has 0 bridgehead atoms. The van der Waals surface area contributed by atoms with Gasteiger partial charge in [0.15, 0.2) is 6.29 Å². The smallest absolute Gasteiger partial charge is 0.748 e. The summed E-state index contributed by atoms with van der Waals surface area (Å²) < 4.78 is 42.0. The summed E-state index contributed by atoms with van der Waals surface area (Å²) in [5, 5.41) is 25.7. The van der Waals surface area contributed by atoms with E-state index >= 15 is 0 Å². The zero-order valence-electron chi connectivity index (χ0n) is 9.38. The van der Waals surface area contributed by atoms with Crippen molar-refractivity contribution in [2.75, 3.05) is 13.7 Å². The Labute approximate surface area is 121 Å². The van der Waals surface area contributed by atoms with Crippen molar-refractivity contribution in [1.29, 1.82) is 0 Å². The van der Waals surface area contributed by atoms with Crippen LogP contribution >= 0.6 is 0 Å². The molecule has 0 unspecified atom stereocenters. The predicted octanol–water partition coefficient (Wildman–Crippen LogP) is -6.01. The third-order valence-corrected chi connectivity index (χ3v) is 3.56. The van der Waals surface area contributed by atoms with Crippen LogP contribution in [0.2, 0.25) is 0 Å². The third-order valence-electron chi connectivity index (χ3n) is 2.39. The molecule has 0 radical (unpaired) electrons. The van der Waals surface area contributed by atoms with Crippen LogP contribution in [0.5, 0.6) is 0 Å². The topological polar surface area (TPSA) is 136 Å². The van der Waals surface area contributed by atoms with Crippen LogP contribution in [-0.4, -0.2) is 71.9 Å². The SMILES string of the molecule is CO[C@H]1O[C@H](CO)[C@@H](O)[C@H](O)[C@@H]1S(=O)(=O)[O-].[Na+]. The second-order valence-corrected chi connectivity index (χ2v) is 4.93. The van der Waals surface area contributed by atoms with E-state index in [1.54, 1.807) is 0 Å². The average Bonchev–Trinajstić information content (AvgIpc) is 2.19. The quantitative estimate of drug-likeness (QED) is 0.343. The molecule has 8 nitrogen and oxygen atoms in total. The zero-order chi connectivity index (χ0) is 12.5. The van der Waals surface area contributed by atoms with Gasteiger partial charge in [0.05, 0.1) is 6.61 Å². The Morgan fingerprint density at radius 1 is 1.35 bits per heavy atom. The van der Waals surface area contributed by atoms with Gasteiger partial charge in [-0.25, -0.2) is 8.42 Å². The number of aliphatic hydroxyl groups excluding tert-OH is 3. The standard InChI is InChI=1S/C7H14O8S.Na/c1-14-7-6(16(11,12)13)5(10)4(9)3(2-8)15-7;/h3-10H,2H2,1H3,(H,11,12,13);/q;+1/p-1/t3-,4-,5+,6+,7+;/m1./s1. The van der Waals surface area contributed by atoms with E-state index in [2.05, 4.69) is 4.74 Å². The first-order chi connectivity index (χ1) is 7.32. The molecule has 0 amide bonds. The largest absolute Gasteiger partial charge is 1.00 e. The maximum atomic E-state index is 10.9. The van der Waals surface area contributed by atoms with Crippen LogP contribution in [0.4, 0.5) is 0 Å². The Morgan fingerprint density at radius 3 is 2.24 bits per heavy atom. The number of aliphatic hydroxyl groups is 3. The van der Waals surface area contributed by atoms with Gasteiger partial charge in [-0.3, -0.25) is 0 Å².